The van der Waals surface area contributed by atoms with Gasteiger partial charge < -0.3 is 4.43 Å². The lowest BCUT2D eigenvalue weighted by atomic mass is 9.80. The average Bonchev–Trinajstić information content (AvgIpc) is 2.16. The maximum atomic E-state index is 11.1. The van der Waals surface area contributed by atoms with Gasteiger partial charge >= 0.3 is 0 Å². The van der Waals surface area contributed by atoms with E-state index in [9.17, 15) is 4.79 Å². The Balaban J connectivity index is 2.89. The SMILES string of the molecule is CC(=O)CC(C)(C)c1ccc(O[SiH3])cc1. The highest BCUT2D eigenvalue weighted by Crippen LogP contribution is 2.28. The molecule has 15 heavy (non-hydrogen) atoms. The molecule has 0 spiro atoms. The summed E-state index contributed by atoms with van der Waals surface area (Å²) in [6, 6.07) is 8.00. The molecule has 1 aromatic carbocycles. The first-order valence-electron chi connectivity index (χ1n) is 5.09. The molecule has 3 heteroatoms. The second-order valence-corrected chi connectivity index (χ2v) is 4.90. The van der Waals surface area contributed by atoms with E-state index in [0.29, 0.717) is 16.9 Å². The van der Waals surface area contributed by atoms with Crippen molar-refractivity contribution in [2.75, 3.05) is 0 Å². The van der Waals surface area contributed by atoms with Gasteiger partial charge in [-0.25, -0.2) is 0 Å². The quantitative estimate of drug-likeness (QED) is 0.723. The fourth-order valence-corrected chi connectivity index (χ4v) is 2.04. The van der Waals surface area contributed by atoms with Crippen LogP contribution in [0.3, 0.4) is 0 Å². The Morgan fingerprint density at radius 2 is 1.87 bits per heavy atom. The predicted octanol–water partition coefficient (Wildman–Crippen LogP) is 1.60. The van der Waals surface area contributed by atoms with Crippen LogP contribution in [0, 0.1) is 0 Å². The number of carbonyl (C=O) groups excluding carboxylic acids is 1. The van der Waals surface area contributed by atoms with Gasteiger partial charge in [-0.1, -0.05) is 26.0 Å². The highest BCUT2D eigenvalue weighted by Gasteiger charge is 2.22. The minimum Gasteiger partial charge on any atom is -0.553 e. The lowest BCUT2D eigenvalue weighted by Crippen LogP contribution is -2.20. The van der Waals surface area contributed by atoms with Gasteiger partial charge in [0, 0.05) is 6.42 Å². The van der Waals surface area contributed by atoms with Crippen molar-refractivity contribution in [3.63, 3.8) is 0 Å². The van der Waals surface area contributed by atoms with Crippen molar-refractivity contribution in [2.24, 2.45) is 0 Å². The Kier molecular flexibility index (Phi) is 3.69. The van der Waals surface area contributed by atoms with Crippen LogP contribution in [0.5, 0.6) is 5.75 Å². The normalized spacial score (nSPS) is 11.4. The summed E-state index contributed by atoms with van der Waals surface area (Å²) in [6.07, 6.45) is 0.577. The molecule has 82 valence electrons. The second kappa shape index (κ2) is 4.62. The molecule has 0 amide bonds. The van der Waals surface area contributed by atoms with Crippen LogP contribution in [-0.2, 0) is 10.2 Å². The number of hydrogen-bond donors (Lipinski definition) is 0. The van der Waals surface area contributed by atoms with Crippen LogP contribution in [-0.4, -0.2) is 16.3 Å². The molecule has 0 bridgehead atoms. The summed E-state index contributed by atoms with van der Waals surface area (Å²) in [7, 11) is 0.708. The first-order valence-corrected chi connectivity index (χ1v) is 5.91. The van der Waals surface area contributed by atoms with E-state index in [2.05, 4.69) is 13.8 Å². The van der Waals surface area contributed by atoms with Crippen LogP contribution in [0.4, 0.5) is 0 Å². The molecule has 1 aromatic rings. The first-order chi connectivity index (χ1) is 6.95. The fourth-order valence-electron chi connectivity index (χ4n) is 1.77. The van der Waals surface area contributed by atoms with E-state index in [1.165, 1.54) is 5.56 Å². The summed E-state index contributed by atoms with van der Waals surface area (Å²) in [5.41, 5.74) is 1.09. The van der Waals surface area contributed by atoms with Crippen LogP contribution < -0.4 is 4.43 Å². The molecule has 0 heterocycles. The fraction of sp³-hybridized carbons (Fsp3) is 0.417. The maximum absolute atomic E-state index is 11.1. The lowest BCUT2D eigenvalue weighted by molar-refractivity contribution is -0.118. The van der Waals surface area contributed by atoms with Crippen LogP contribution in [0.25, 0.3) is 0 Å². The van der Waals surface area contributed by atoms with Crippen molar-refractivity contribution in [1.82, 2.24) is 0 Å². The van der Waals surface area contributed by atoms with E-state index in [1.807, 2.05) is 24.3 Å². The van der Waals surface area contributed by atoms with E-state index < -0.39 is 0 Å². The molecule has 0 saturated heterocycles. The van der Waals surface area contributed by atoms with Crippen LogP contribution in [0.15, 0.2) is 24.3 Å². The van der Waals surface area contributed by atoms with E-state index in [1.54, 1.807) is 6.92 Å². The molecule has 0 unspecified atom stereocenters. The molecule has 1 rings (SSSR count). The number of carbonyl (C=O) groups is 1. The highest BCUT2D eigenvalue weighted by molar-refractivity contribution is 5.99. The largest absolute Gasteiger partial charge is 0.553 e. The van der Waals surface area contributed by atoms with E-state index in [0.717, 1.165) is 5.75 Å². The van der Waals surface area contributed by atoms with Gasteiger partial charge in [-0.2, -0.15) is 0 Å². The molecule has 0 aliphatic rings. The Labute approximate surface area is 94.2 Å². The number of ketones is 1. The van der Waals surface area contributed by atoms with Crippen molar-refractivity contribution in [3.8, 4) is 5.75 Å². The van der Waals surface area contributed by atoms with Crippen molar-refractivity contribution in [2.45, 2.75) is 32.6 Å². The van der Waals surface area contributed by atoms with Gasteiger partial charge in [0.1, 0.15) is 11.5 Å². The minimum atomic E-state index is -0.0878. The maximum Gasteiger partial charge on any atom is 0.204 e. The standard InChI is InChI=1S/C12H18O2Si/c1-9(13)8-12(2,3)10-4-6-11(14-15)7-5-10/h4-7H,8H2,1-3,15H3. The van der Waals surface area contributed by atoms with Gasteiger partial charge in [0.15, 0.2) is 0 Å². The molecule has 0 aliphatic heterocycles. The topological polar surface area (TPSA) is 26.3 Å². The zero-order valence-electron chi connectivity index (χ0n) is 9.83. The summed E-state index contributed by atoms with van der Waals surface area (Å²) >= 11 is 0. The summed E-state index contributed by atoms with van der Waals surface area (Å²) in [5.74, 6) is 1.13. The van der Waals surface area contributed by atoms with Gasteiger partial charge in [0.25, 0.3) is 0 Å². The Bertz CT molecular complexity index is 341. The average molecular weight is 222 g/mol. The molecule has 0 saturated carbocycles. The van der Waals surface area contributed by atoms with Crippen LogP contribution in [0.1, 0.15) is 32.8 Å². The lowest BCUT2D eigenvalue weighted by Gasteiger charge is -2.24. The van der Waals surface area contributed by atoms with Crippen molar-refractivity contribution >= 4 is 16.3 Å². The molecule has 0 fully saturated rings. The van der Waals surface area contributed by atoms with Gasteiger partial charge in [0.2, 0.25) is 10.5 Å². The van der Waals surface area contributed by atoms with Gasteiger partial charge in [-0.05, 0) is 30.0 Å². The third-order valence-corrected chi connectivity index (χ3v) is 3.03. The molecular formula is C12H18O2Si. The van der Waals surface area contributed by atoms with Gasteiger partial charge in [-0.3, -0.25) is 4.79 Å². The predicted molar refractivity (Wildman–Crippen MR) is 65.3 cm³/mol. The Hall–Kier alpha value is -1.09. The van der Waals surface area contributed by atoms with Gasteiger partial charge in [-0.15, -0.1) is 0 Å². The first kappa shape index (κ1) is 12.0. The molecule has 0 aromatic heterocycles. The van der Waals surface area contributed by atoms with E-state index in [4.69, 9.17) is 4.43 Å². The van der Waals surface area contributed by atoms with E-state index >= 15 is 0 Å². The number of benzene rings is 1. The van der Waals surface area contributed by atoms with Crippen molar-refractivity contribution in [1.29, 1.82) is 0 Å². The molecule has 0 aliphatic carbocycles. The summed E-state index contributed by atoms with van der Waals surface area (Å²) in [6.45, 7) is 5.81. The molecule has 2 nitrogen and oxygen atoms in total. The number of rotatable bonds is 4. The Morgan fingerprint density at radius 3 is 2.27 bits per heavy atom. The second-order valence-electron chi connectivity index (χ2n) is 4.49. The summed E-state index contributed by atoms with van der Waals surface area (Å²) < 4.78 is 5.23. The molecular weight excluding hydrogens is 204 g/mol. The van der Waals surface area contributed by atoms with Crippen LogP contribution >= 0.6 is 0 Å². The third kappa shape index (κ3) is 3.20. The zero-order valence-corrected chi connectivity index (χ0v) is 11.8. The molecule has 0 atom stereocenters. The summed E-state index contributed by atoms with van der Waals surface area (Å²) in [4.78, 5) is 11.1. The van der Waals surface area contributed by atoms with Crippen molar-refractivity contribution < 1.29 is 9.22 Å². The third-order valence-electron chi connectivity index (χ3n) is 2.56. The van der Waals surface area contributed by atoms with Crippen molar-refractivity contribution in [3.05, 3.63) is 29.8 Å². The number of Topliss-reactive ketones (excluding diaryl/α,β-unsaturated/α-hetero) is 1. The van der Waals surface area contributed by atoms with Crippen LogP contribution in [0.2, 0.25) is 0 Å². The Morgan fingerprint density at radius 1 is 1.33 bits per heavy atom. The smallest absolute Gasteiger partial charge is 0.204 e. The monoisotopic (exact) mass is 222 g/mol. The highest BCUT2D eigenvalue weighted by atomic mass is 28.2. The zero-order chi connectivity index (χ0) is 11.5. The number of hydrogen-bond acceptors (Lipinski definition) is 2. The molecule has 0 N–H and O–H groups in total. The minimum absolute atomic E-state index is 0.0878. The van der Waals surface area contributed by atoms with E-state index in [-0.39, 0.29) is 11.2 Å². The molecule has 0 radical (unpaired) electrons. The van der Waals surface area contributed by atoms with Gasteiger partial charge in [0.05, 0.1) is 0 Å². The summed E-state index contributed by atoms with van der Waals surface area (Å²) in [5, 5.41) is 0.